The van der Waals surface area contributed by atoms with E-state index in [-0.39, 0.29) is 18.5 Å². The molecule has 1 aromatic carbocycles. The van der Waals surface area contributed by atoms with Gasteiger partial charge in [-0.3, -0.25) is 4.79 Å². The Morgan fingerprint density at radius 3 is 2.52 bits per heavy atom. The van der Waals surface area contributed by atoms with E-state index in [9.17, 15) is 9.59 Å². The first-order chi connectivity index (χ1) is 11.0. The summed E-state index contributed by atoms with van der Waals surface area (Å²) >= 11 is 0. The molecular formula is C18H23NO4. The van der Waals surface area contributed by atoms with Gasteiger partial charge in [0.05, 0.1) is 11.5 Å². The van der Waals surface area contributed by atoms with Gasteiger partial charge in [0.2, 0.25) is 0 Å². The molecule has 5 heteroatoms. The molecule has 0 amide bonds. The lowest BCUT2D eigenvalue weighted by Gasteiger charge is -2.21. The molecule has 0 radical (unpaired) electrons. The zero-order valence-corrected chi connectivity index (χ0v) is 14.1. The molecule has 0 aliphatic heterocycles. The molecule has 5 nitrogen and oxygen atoms in total. The summed E-state index contributed by atoms with van der Waals surface area (Å²) in [5, 5.41) is 0.816. The highest BCUT2D eigenvalue weighted by Crippen LogP contribution is 2.22. The Labute approximate surface area is 135 Å². The molecule has 2 rings (SSSR count). The van der Waals surface area contributed by atoms with Gasteiger partial charge in [0, 0.05) is 30.2 Å². The lowest BCUT2D eigenvalue weighted by atomic mass is 10.1. The van der Waals surface area contributed by atoms with Crippen LogP contribution in [0.1, 0.15) is 33.3 Å². The van der Waals surface area contributed by atoms with Gasteiger partial charge in [-0.1, -0.05) is 13.8 Å². The predicted octanol–water partition coefficient (Wildman–Crippen LogP) is 3.34. The van der Waals surface area contributed by atoms with E-state index in [1.807, 2.05) is 18.2 Å². The van der Waals surface area contributed by atoms with Crippen molar-refractivity contribution in [3.63, 3.8) is 0 Å². The fourth-order valence-electron chi connectivity index (χ4n) is 2.34. The minimum Gasteiger partial charge on any atom is -0.460 e. The first-order valence-corrected chi connectivity index (χ1v) is 7.94. The maximum atomic E-state index is 12.1. The van der Waals surface area contributed by atoms with Crippen LogP contribution in [-0.2, 0) is 16.1 Å². The van der Waals surface area contributed by atoms with Gasteiger partial charge in [-0.2, -0.15) is 0 Å². The van der Waals surface area contributed by atoms with Crippen LogP contribution in [0.25, 0.3) is 11.0 Å². The maximum Gasteiger partial charge on any atom is 0.342 e. The Hall–Kier alpha value is -2.30. The van der Waals surface area contributed by atoms with Crippen LogP contribution in [0.3, 0.4) is 0 Å². The SMILES string of the molecule is CCN(CC)c1ccc2cc(COC(=O)C(C)C)c(=O)oc2c1. The van der Waals surface area contributed by atoms with Crippen molar-refractivity contribution in [3.05, 3.63) is 40.2 Å². The molecule has 0 aliphatic rings. The van der Waals surface area contributed by atoms with E-state index in [1.165, 1.54) is 0 Å². The molecule has 1 heterocycles. The highest BCUT2D eigenvalue weighted by Gasteiger charge is 2.12. The summed E-state index contributed by atoms with van der Waals surface area (Å²) in [5.74, 6) is -0.555. The van der Waals surface area contributed by atoms with Crippen LogP contribution in [0.5, 0.6) is 0 Å². The van der Waals surface area contributed by atoms with E-state index in [0.29, 0.717) is 11.1 Å². The second kappa shape index (κ2) is 7.31. The highest BCUT2D eigenvalue weighted by atomic mass is 16.5. The van der Waals surface area contributed by atoms with Crippen LogP contribution in [-0.4, -0.2) is 19.1 Å². The maximum absolute atomic E-state index is 12.1. The molecule has 0 fully saturated rings. The van der Waals surface area contributed by atoms with Crippen molar-refractivity contribution in [1.82, 2.24) is 0 Å². The first-order valence-electron chi connectivity index (χ1n) is 7.94. The zero-order valence-electron chi connectivity index (χ0n) is 14.1. The topological polar surface area (TPSA) is 59.8 Å². The predicted molar refractivity (Wildman–Crippen MR) is 90.7 cm³/mol. The summed E-state index contributed by atoms with van der Waals surface area (Å²) in [6, 6.07) is 7.51. The lowest BCUT2D eigenvalue weighted by molar-refractivity contribution is -0.148. The van der Waals surface area contributed by atoms with Crippen molar-refractivity contribution < 1.29 is 13.9 Å². The quantitative estimate of drug-likeness (QED) is 0.604. The largest absolute Gasteiger partial charge is 0.460 e. The minimum absolute atomic E-state index is 0.0624. The van der Waals surface area contributed by atoms with Gasteiger partial charge in [-0.05, 0) is 32.0 Å². The normalized spacial score (nSPS) is 11.0. The Morgan fingerprint density at radius 1 is 1.22 bits per heavy atom. The van der Waals surface area contributed by atoms with Crippen molar-refractivity contribution in [2.45, 2.75) is 34.3 Å². The van der Waals surface area contributed by atoms with Gasteiger partial charge in [0.1, 0.15) is 12.2 Å². The number of carbonyl (C=O) groups is 1. The minimum atomic E-state index is -0.467. The molecule has 0 bridgehead atoms. The summed E-state index contributed by atoms with van der Waals surface area (Å²) in [6.45, 7) is 9.37. The number of nitrogens with zero attached hydrogens (tertiary/aromatic N) is 1. The third kappa shape index (κ3) is 3.92. The van der Waals surface area contributed by atoms with Crippen LogP contribution in [0.4, 0.5) is 5.69 Å². The van der Waals surface area contributed by atoms with E-state index < -0.39 is 5.63 Å². The zero-order chi connectivity index (χ0) is 17.0. The van der Waals surface area contributed by atoms with E-state index >= 15 is 0 Å². The molecule has 0 aliphatic carbocycles. The highest BCUT2D eigenvalue weighted by molar-refractivity contribution is 5.81. The van der Waals surface area contributed by atoms with Crippen LogP contribution in [0.15, 0.2) is 33.5 Å². The van der Waals surface area contributed by atoms with Crippen molar-refractivity contribution in [2.75, 3.05) is 18.0 Å². The fourth-order valence-corrected chi connectivity index (χ4v) is 2.34. The van der Waals surface area contributed by atoms with E-state index in [0.717, 1.165) is 24.2 Å². The Kier molecular flexibility index (Phi) is 5.42. The molecule has 0 saturated heterocycles. The molecule has 23 heavy (non-hydrogen) atoms. The lowest BCUT2D eigenvalue weighted by Crippen LogP contribution is -2.21. The number of hydrogen-bond donors (Lipinski definition) is 0. The summed E-state index contributed by atoms with van der Waals surface area (Å²) in [5.41, 5.74) is 1.44. The number of rotatable bonds is 6. The number of benzene rings is 1. The number of esters is 1. The van der Waals surface area contributed by atoms with Gasteiger partial charge < -0.3 is 14.1 Å². The second-order valence-electron chi connectivity index (χ2n) is 5.72. The molecule has 0 unspecified atom stereocenters. The number of fused-ring (bicyclic) bond motifs is 1. The number of carbonyl (C=O) groups excluding carboxylic acids is 1. The van der Waals surface area contributed by atoms with Crippen LogP contribution < -0.4 is 10.5 Å². The van der Waals surface area contributed by atoms with Gasteiger partial charge in [-0.25, -0.2) is 4.79 Å². The molecule has 1 aromatic heterocycles. The van der Waals surface area contributed by atoms with Crippen LogP contribution >= 0.6 is 0 Å². The number of anilines is 1. The second-order valence-corrected chi connectivity index (χ2v) is 5.72. The van der Waals surface area contributed by atoms with Gasteiger partial charge in [-0.15, -0.1) is 0 Å². The van der Waals surface area contributed by atoms with E-state index in [4.69, 9.17) is 9.15 Å². The van der Waals surface area contributed by atoms with Gasteiger partial charge in [0.25, 0.3) is 0 Å². The molecule has 124 valence electrons. The monoisotopic (exact) mass is 317 g/mol. The molecule has 0 atom stereocenters. The summed E-state index contributed by atoms with van der Waals surface area (Å²) in [7, 11) is 0. The van der Waals surface area contributed by atoms with Crippen molar-refractivity contribution in [2.24, 2.45) is 5.92 Å². The Morgan fingerprint density at radius 2 is 1.91 bits per heavy atom. The third-order valence-electron chi connectivity index (χ3n) is 3.76. The molecule has 0 N–H and O–H groups in total. The van der Waals surface area contributed by atoms with Crippen LogP contribution in [0.2, 0.25) is 0 Å². The fraction of sp³-hybridized carbons (Fsp3) is 0.444. The average Bonchev–Trinajstić information content (AvgIpc) is 2.53. The van der Waals surface area contributed by atoms with Crippen LogP contribution in [0, 0.1) is 5.92 Å². The number of hydrogen-bond acceptors (Lipinski definition) is 5. The number of ether oxygens (including phenoxy) is 1. The first kappa shape index (κ1) is 17.1. The smallest absolute Gasteiger partial charge is 0.342 e. The molecule has 0 saturated carbocycles. The Balaban J connectivity index is 2.30. The van der Waals surface area contributed by atoms with E-state index in [2.05, 4.69) is 18.7 Å². The summed E-state index contributed by atoms with van der Waals surface area (Å²) in [6.07, 6.45) is 0. The molecular weight excluding hydrogens is 294 g/mol. The summed E-state index contributed by atoms with van der Waals surface area (Å²) < 4.78 is 10.5. The van der Waals surface area contributed by atoms with Gasteiger partial charge >= 0.3 is 11.6 Å². The average molecular weight is 317 g/mol. The third-order valence-corrected chi connectivity index (χ3v) is 3.76. The standard InChI is InChI=1S/C18H23NO4/c1-5-19(6-2)15-8-7-13-9-14(11-22-17(20)12(3)4)18(21)23-16(13)10-15/h7-10,12H,5-6,11H2,1-4H3. The van der Waals surface area contributed by atoms with Gasteiger partial charge in [0.15, 0.2) is 0 Å². The van der Waals surface area contributed by atoms with Crippen molar-refractivity contribution in [3.8, 4) is 0 Å². The van der Waals surface area contributed by atoms with Crippen molar-refractivity contribution >= 4 is 22.6 Å². The summed E-state index contributed by atoms with van der Waals surface area (Å²) in [4.78, 5) is 25.8. The molecule has 2 aromatic rings. The van der Waals surface area contributed by atoms with E-state index in [1.54, 1.807) is 19.9 Å². The Bertz CT molecular complexity index is 744. The molecule has 0 spiro atoms. The van der Waals surface area contributed by atoms with Crippen molar-refractivity contribution in [1.29, 1.82) is 0 Å².